The molecule has 0 bridgehead atoms. The molecular weight excluding hydrogens is 1400 g/mol. The fourth-order valence-corrected chi connectivity index (χ4v) is 19.2. The maximum absolute atomic E-state index is 2.46. The number of nitrogens with zero attached hydrogens (tertiary/aromatic N) is 3. The highest BCUT2D eigenvalue weighted by Gasteiger charge is 2.31. The summed E-state index contributed by atoms with van der Waals surface area (Å²) in [4.78, 5) is 0. The third kappa shape index (κ3) is 12.7. The third-order valence-electron chi connectivity index (χ3n) is 24.7. The van der Waals surface area contributed by atoms with E-state index in [0.29, 0.717) is 11.8 Å². The zero-order valence-corrected chi connectivity index (χ0v) is 67.9. The molecule has 3 aliphatic carbocycles. The number of pyridine rings is 3. The quantitative estimate of drug-likeness (QED) is 0.141. The largest absolute Gasteiger partial charge is 0.213 e. The second kappa shape index (κ2) is 30.1. The molecule has 3 aliphatic rings. The summed E-state index contributed by atoms with van der Waals surface area (Å²) in [6, 6.07) is 130. The summed E-state index contributed by atoms with van der Waals surface area (Å²) in [5.41, 5.74) is 48.9. The molecule has 0 fully saturated rings. The Hall–Kier alpha value is -13.5. The summed E-state index contributed by atoms with van der Waals surface area (Å²) >= 11 is 0. The van der Waals surface area contributed by atoms with Crippen molar-refractivity contribution in [2.45, 2.75) is 61.3 Å². The summed E-state index contributed by atoms with van der Waals surface area (Å²) in [6.07, 6.45) is 2.15. The topological polar surface area (TPSA) is 11.6 Å². The Labute approximate surface area is 683 Å². The first kappa shape index (κ1) is 72.8. The molecular formula is C113H94N3+3. The van der Waals surface area contributed by atoms with Crippen LogP contribution in [0.5, 0.6) is 0 Å². The van der Waals surface area contributed by atoms with Gasteiger partial charge in [-0.15, -0.1) is 0 Å². The van der Waals surface area contributed by atoms with Crippen molar-refractivity contribution in [2.75, 3.05) is 0 Å². The van der Waals surface area contributed by atoms with Gasteiger partial charge in [0.05, 0.1) is 0 Å². The van der Waals surface area contributed by atoms with Gasteiger partial charge in [-0.3, -0.25) is 0 Å². The van der Waals surface area contributed by atoms with Crippen molar-refractivity contribution in [1.29, 1.82) is 0 Å². The summed E-state index contributed by atoms with van der Waals surface area (Å²) in [5.74, 6) is 1.21. The van der Waals surface area contributed by atoms with Gasteiger partial charge < -0.3 is 0 Å². The minimum absolute atomic E-state index is 0.587. The molecule has 0 unspecified atom stereocenters. The van der Waals surface area contributed by atoms with Crippen molar-refractivity contribution in [2.24, 2.45) is 33.0 Å². The first-order valence-corrected chi connectivity index (χ1v) is 41.2. The number of fused-ring (bicyclic) bond motifs is 27. The van der Waals surface area contributed by atoms with Crippen LogP contribution in [0.15, 0.2) is 352 Å². The highest BCUT2D eigenvalue weighted by Crippen LogP contribution is 2.53. The summed E-state index contributed by atoms with van der Waals surface area (Å²) in [6.45, 7) is 16.0. The molecule has 0 radical (unpaired) electrons. The Bertz CT molecular complexity index is 6960. The molecule has 558 valence electrons. The van der Waals surface area contributed by atoms with Gasteiger partial charge in [0.15, 0.2) is 0 Å². The molecule has 0 amide bonds. The lowest BCUT2D eigenvalue weighted by Crippen LogP contribution is -2.33. The Morgan fingerprint density at radius 2 is 0.431 bits per heavy atom. The van der Waals surface area contributed by atoms with Crippen LogP contribution < -0.4 is 13.7 Å². The van der Waals surface area contributed by atoms with Gasteiger partial charge in [-0.05, 0) is 267 Å². The molecule has 21 rings (SSSR count). The molecule has 3 aromatic heterocycles. The van der Waals surface area contributed by atoms with Crippen LogP contribution in [0.4, 0.5) is 0 Å². The minimum Gasteiger partial charge on any atom is -0.194 e. The second-order valence-corrected chi connectivity index (χ2v) is 32.8. The van der Waals surface area contributed by atoms with Gasteiger partial charge in [0.25, 0.3) is 0 Å². The molecule has 0 aliphatic heterocycles. The van der Waals surface area contributed by atoms with Crippen molar-refractivity contribution >= 4 is 32.7 Å². The number of hydrogen-bond acceptors (Lipinski definition) is 0. The van der Waals surface area contributed by atoms with Gasteiger partial charge in [-0.1, -0.05) is 282 Å². The molecule has 0 saturated carbocycles. The van der Waals surface area contributed by atoms with E-state index < -0.39 is 0 Å². The standard InChI is InChI=1S/2C39H34N.C35H26N/c1-25(2)21-27-23-39(40(4)38-20-12-11-13-28(27)38)35-24-37-34-19-10-8-17-32(34)30-15-6-5-14-29(30)31-16-7-9-18-33(31)36(37)22-26(35)3;1-25(2)22-27-12-11-19-38-28(27)20-21-39(40(38)4)35-24-37-34-18-10-8-16-32(34)30-14-6-5-13-29(30)31-15-7-9-17-33(31)36(37)23-26(35)3;1-23-21-32-29-16-8-6-14-27(29)25-12-4-5-13-26(25)28-15-7-9-17-30(28)33(32)22-31(23)35-20-19-24-11-3-10-18-34(24)36(35)2/h5-20,22-25H,21H2,1-4H3;5-21,23-25H,22H2,1-4H3;3-22H,1-2H3/q3*+1. The zero-order chi connectivity index (χ0) is 79.0. The molecule has 0 N–H and O–H groups in total. The lowest BCUT2D eigenvalue weighted by atomic mass is 9.79. The van der Waals surface area contributed by atoms with E-state index in [4.69, 9.17) is 0 Å². The SMILES string of the molecule is Cc1cc2c(cc1-c1cc(CC(C)C)c3ccccc3[n+]1C)-c1ccccc1-c1ccccc1-c1ccccc1-2.Cc1cc2c(cc1-c1ccc3c(CC(C)C)cccc3[n+]1C)-c1ccccc1-c1ccccc1-c1ccccc1-2.Cc1cc2c(cc1-c1ccc3ccccc3[n+]1C)-c1ccccc1-c1ccccc1-c1ccccc1-2. The maximum Gasteiger partial charge on any atom is 0.213 e. The van der Waals surface area contributed by atoms with Crippen LogP contribution in [0.25, 0.3) is 200 Å². The van der Waals surface area contributed by atoms with E-state index >= 15 is 0 Å². The molecule has 116 heavy (non-hydrogen) atoms. The molecule has 3 nitrogen and oxygen atoms in total. The number of hydrogen-bond donors (Lipinski definition) is 0. The average molecular weight is 1490 g/mol. The van der Waals surface area contributed by atoms with Crippen molar-refractivity contribution in [3.63, 3.8) is 0 Å². The fraction of sp³-hybridized carbons (Fsp3) is 0.124. The third-order valence-corrected chi connectivity index (χ3v) is 24.7. The minimum atomic E-state index is 0.587. The highest BCUT2D eigenvalue weighted by molar-refractivity contribution is 6.08. The first-order valence-electron chi connectivity index (χ1n) is 41.2. The number of benzene rings is 15. The lowest BCUT2D eigenvalue weighted by molar-refractivity contribution is -0.633. The van der Waals surface area contributed by atoms with E-state index in [1.807, 2.05) is 0 Å². The van der Waals surface area contributed by atoms with E-state index in [-0.39, 0.29) is 0 Å². The normalized spacial score (nSPS) is 11.8. The molecule has 15 aromatic carbocycles. The number of para-hydroxylation sites is 2. The average Bonchev–Trinajstić information content (AvgIpc) is 0.745. The van der Waals surface area contributed by atoms with Gasteiger partial charge in [0.1, 0.15) is 21.1 Å². The van der Waals surface area contributed by atoms with Crippen molar-refractivity contribution < 1.29 is 13.7 Å². The predicted molar refractivity (Wildman–Crippen MR) is 489 cm³/mol. The monoisotopic (exact) mass is 1490 g/mol. The van der Waals surface area contributed by atoms with Crippen LogP contribution in [-0.4, -0.2) is 0 Å². The van der Waals surface area contributed by atoms with Crippen molar-refractivity contribution in [3.05, 3.63) is 380 Å². The molecule has 0 atom stereocenters. The van der Waals surface area contributed by atoms with E-state index in [1.165, 1.54) is 228 Å². The van der Waals surface area contributed by atoms with Crippen LogP contribution in [0.1, 0.15) is 55.5 Å². The fourth-order valence-electron chi connectivity index (χ4n) is 19.2. The number of aryl methyl sites for hydroxylation is 6. The van der Waals surface area contributed by atoms with Gasteiger partial charge in [-0.25, -0.2) is 0 Å². The Balaban J connectivity index is 0.000000116. The van der Waals surface area contributed by atoms with E-state index in [0.717, 1.165) is 12.8 Å². The van der Waals surface area contributed by atoms with E-state index in [2.05, 4.69) is 435 Å². The zero-order valence-electron chi connectivity index (χ0n) is 67.9. The van der Waals surface area contributed by atoms with Gasteiger partial charge in [0, 0.05) is 69.2 Å². The van der Waals surface area contributed by atoms with Gasteiger partial charge in [-0.2, -0.15) is 13.7 Å². The van der Waals surface area contributed by atoms with Crippen molar-refractivity contribution in [1.82, 2.24) is 0 Å². The van der Waals surface area contributed by atoms with Crippen LogP contribution in [0.3, 0.4) is 0 Å². The maximum atomic E-state index is 2.46. The van der Waals surface area contributed by atoms with Crippen molar-refractivity contribution in [3.8, 4) is 167 Å². The van der Waals surface area contributed by atoms with E-state index in [9.17, 15) is 0 Å². The van der Waals surface area contributed by atoms with Crippen LogP contribution in [0.2, 0.25) is 0 Å². The molecule has 3 heterocycles. The second-order valence-electron chi connectivity index (χ2n) is 32.8. The van der Waals surface area contributed by atoms with Gasteiger partial charge in [0.2, 0.25) is 33.6 Å². The van der Waals surface area contributed by atoms with Crippen LogP contribution >= 0.6 is 0 Å². The highest BCUT2D eigenvalue weighted by atomic mass is 14.9. The van der Waals surface area contributed by atoms with Crippen LogP contribution in [-0.2, 0) is 34.0 Å². The number of rotatable bonds is 7. The Morgan fingerprint density at radius 1 is 0.190 bits per heavy atom. The lowest BCUT2D eigenvalue weighted by Gasteiger charge is -2.24. The predicted octanol–water partition coefficient (Wildman–Crippen LogP) is 28.3. The molecule has 0 saturated heterocycles. The molecule has 3 heteroatoms. The number of aromatic nitrogens is 3. The summed E-state index contributed by atoms with van der Waals surface area (Å²) < 4.78 is 7.08. The summed E-state index contributed by atoms with van der Waals surface area (Å²) in [5, 5.41) is 3.95. The molecule has 0 spiro atoms. The summed E-state index contributed by atoms with van der Waals surface area (Å²) in [7, 11) is 6.60. The Morgan fingerprint density at radius 3 is 0.776 bits per heavy atom. The van der Waals surface area contributed by atoms with Gasteiger partial charge >= 0.3 is 0 Å². The first-order chi connectivity index (χ1) is 56.7. The Kier molecular flexibility index (Phi) is 18.9. The van der Waals surface area contributed by atoms with E-state index in [1.54, 1.807) is 0 Å². The molecule has 18 aromatic rings. The van der Waals surface area contributed by atoms with Crippen LogP contribution in [0, 0.1) is 32.6 Å². The smallest absolute Gasteiger partial charge is 0.194 e.